The van der Waals surface area contributed by atoms with Gasteiger partial charge in [0.2, 0.25) is 0 Å². The summed E-state index contributed by atoms with van der Waals surface area (Å²) in [7, 11) is 1.74. The van der Waals surface area contributed by atoms with Gasteiger partial charge in [-0.3, -0.25) is 4.79 Å². The van der Waals surface area contributed by atoms with Gasteiger partial charge in [0.1, 0.15) is 15.5 Å². The number of anilines is 2. The lowest BCUT2D eigenvalue weighted by atomic mass is 9.91. The van der Waals surface area contributed by atoms with Crippen molar-refractivity contribution < 1.29 is 9.53 Å². The van der Waals surface area contributed by atoms with E-state index in [9.17, 15) is 4.79 Å². The standard InChI is InChI=1S/C25H32N6O2S/c1-14-5-8-17-22(27)23(34-25(17)28-14)24(32)29-16-7-9-19-15(12-16)6-10-21(30-19)31-11-3-4-20(33-2)18(26)13-31/h5-6,8,10,16,18,20H,3-4,7,9,11-13,26-27H2,1-2H3,(H,29,32)/t16-,18+,20-/m0/s1. The van der Waals surface area contributed by atoms with Gasteiger partial charge in [-0.2, -0.15) is 0 Å². The van der Waals surface area contributed by atoms with Crippen LogP contribution in [0.15, 0.2) is 24.3 Å². The summed E-state index contributed by atoms with van der Waals surface area (Å²) in [6.07, 6.45) is 4.55. The number of nitrogens with one attached hydrogen (secondary N) is 1. The molecular formula is C25H32N6O2S. The van der Waals surface area contributed by atoms with Crippen LogP contribution in [-0.2, 0) is 17.6 Å². The molecule has 34 heavy (non-hydrogen) atoms. The average Bonchev–Trinajstić information content (AvgIpc) is 3.03. The van der Waals surface area contributed by atoms with Crippen LogP contribution in [0.25, 0.3) is 10.2 Å². The van der Waals surface area contributed by atoms with E-state index in [1.807, 2.05) is 19.1 Å². The lowest BCUT2D eigenvalue weighted by Gasteiger charge is -2.29. The van der Waals surface area contributed by atoms with Gasteiger partial charge in [0, 0.05) is 49.1 Å². The molecule has 3 atom stereocenters. The lowest BCUT2D eigenvalue weighted by molar-refractivity contribution is 0.0789. The van der Waals surface area contributed by atoms with E-state index in [4.69, 9.17) is 21.2 Å². The second kappa shape index (κ2) is 9.48. The Balaban J connectivity index is 1.27. The highest BCUT2D eigenvalue weighted by Crippen LogP contribution is 2.33. The fourth-order valence-electron chi connectivity index (χ4n) is 5.07. The fourth-order valence-corrected chi connectivity index (χ4v) is 6.11. The van der Waals surface area contributed by atoms with Crippen LogP contribution in [0.2, 0.25) is 0 Å². The molecule has 3 aromatic rings. The molecular weight excluding hydrogens is 448 g/mol. The molecule has 0 unspecified atom stereocenters. The highest BCUT2D eigenvalue weighted by atomic mass is 32.1. The van der Waals surface area contributed by atoms with Crippen LogP contribution < -0.4 is 21.7 Å². The molecule has 180 valence electrons. The first kappa shape index (κ1) is 23.0. The maximum absolute atomic E-state index is 13.0. The van der Waals surface area contributed by atoms with Crippen molar-refractivity contribution in [2.24, 2.45) is 5.73 Å². The van der Waals surface area contributed by atoms with Crippen molar-refractivity contribution in [3.8, 4) is 0 Å². The molecule has 0 bridgehead atoms. The fraction of sp³-hybridized carbons (Fsp3) is 0.480. The van der Waals surface area contributed by atoms with Gasteiger partial charge in [-0.25, -0.2) is 9.97 Å². The molecule has 4 heterocycles. The zero-order valence-electron chi connectivity index (χ0n) is 19.7. The summed E-state index contributed by atoms with van der Waals surface area (Å²) in [4.78, 5) is 26.1. The Kier molecular flexibility index (Phi) is 6.42. The van der Waals surface area contributed by atoms with Crippen molar-refractivity contribution >= 4 is 39.0 Å². The molecule has 0 spiro atoms. The summed E-state index contributed by atoms with van der Waals surface area (Å²) in [5, 5.41) is 4.03. The predicted octanol–water partition coefficient (Wildman–Crippen LogP) is 2.81. The Morgan fingerprint density at radius 3 is 2.91 bits per heavy atom. The maximum atomic E-state index is 13.0. The summed E-state index contributed by atoms with van der Waals surface area (Å²) in [6.45, 7) is 3.61. The van der Waals surface area contributed by atoms with E-state index >= 15 is 0 Å². The number of hydrogen-bond acceptors (Lipinski definition) is 8. The van der Waals surface area contributed by atoms with Crippen LogP contribution in [0.1, 0.15) is 45.9 Å². The Morgan fingerprint density at radius 2 is 2.09 bits per heavy atom. The topological polar surface area (TPSA) is 119 Å². The summed E-state index contributed by atoms with van der Waals surface area (Å²) in [6, 6.07) is 8.13. The first-order valence-electron chi connectivity index (χ1n) is 11.9. The second-order valence-corrected chi connectivity index (χ2v) is 10.4. The predicted molar refractivity (Wildman–Crippen MR) is 137 cm³/mol. The van der Waals surface area contributed by atoms with E-state index in [1.54, 1.807) is 7.11 Å². The van der Waals surface area contributed by atoms with Gasteiger partial charge in [0.15, 0.2) is 0 Å². The summed E-state index contributed by atoms with van der Waals surface area (Å²) in [5.74, 6) is 0.858. The largest absolute Gasteiger partial charge is 0.397 e. The molecule has 0 radical (unpaired) electrons. The minimum atomic E-state index is -0.123. The van der Waals surface area contributed by atoms with Crippen LogP contribution in [-0.4, -0.2) is 54.3 Å². The number of amides is 1. The van der Waals surface area contributed by atoms with Crippen molar-refractivity contribution in [3.05, 3.63) is 46.1 Å². The molecule has 5 rings (SSSR count). The smallest absolute Gasteiger partial charge is 0.263 e. The summed E-state index contributed by atoms with van der Waals surface area (Å²) in [5.41, 5.74) is 16.4. The van der Waals surface area contributed by atoms with Gasteiger partial charge in [-0.05, 0) is 62.8 Å². The number of ether oxygens (including phenoxy) is 1. The maximum Gasteiger partial charge on any atom is 0.263 e. The van der Waals surface area contributed by atoms with Gasteiger partial charge in [-0.15, -0.1) is 11.3 Å². The molecule has 0 saturated carbocycles. The van der Waals surface area contributed by atoms with Gasteiger partial charge in [0.05, 0.1) is 11.8 Å². The molecule has 1 aliphatic heterocycles. The molecule has 1 saturated heterocycles. The van der Waals surface area contributed by atoms with Crippen molar-refractivity contribution in [1.29, 1.82) is 0 Å². The van der Waals surface area contributed by atoms with Crippen molar-refractivity contribution in [2.75, 3.05) is 30.8 Å². The first-order valence-corrected chi connectivity index (χ1v) is 12.7. The zero-order valence-corrected chi connectivity index (χ0v) is 20.5. The molecule has 1 aliphatic carbocycles. The number of nitrogens with two attached hydrogens (primary N) is 2. The van der Waals surface area contributed by atoms with E-state index in [1.165, 1.54) is 16.9 Å². The zero-order chi connectivity index (χ0) is 23.8. The monoisotopic (exact) mass is 480 g/mol. The normalized spacial score (nSPS) is 22.9. The molecule has 9 heteroatoms. The highest BCUT2D eigenvalue weighted by Gasteiger charge is 2.27. The number of methoxy groups -OCH3 is 1. The third-order valence-corrected chi connectivity index (χ3v) is 8.09. The number of aryl methyl sites for hydroxylation is 2. The van der Waals surface area contributed by atoms with E-state index in [-0.39, 0.29) is 24.1 Å². The van der Waals surface area contributed by atoms with Gasteiger partial charge in [-0.1, -0.05) is 6.07 Å². The van der Waals surface area contributed by atoms with Crippen LogP contribution >= 0.6 is 11.3 Å². The van der Waals surface area contributed by atoms with Gasteiger partial charge < -0.3 is 26.4 Å². The highest BCUT2D eigenvalue weighted by molar-refractivity contribution is 7.21. The molecule has 1 fully saturated rings. The number of fused-ring (bicyclic) bond motifs is 2. The Hall–Kier alpha value is -2.75. The van der Waals surface area contributed by atoms with Crippen molar-refractivity contribution in [1.82, 2.24) is 15.3 Å². The number of rotatable bonds is 4. The molecule has 5 N–H and O–H groups in total. The Bertz CT molecular complexity index is 1210. The number of pyridine rings is 2. The number of hydrogen-bond donors (Lipinski definition) is 3. The molecule has 8 nitrogen and oxygen atoms in total. The quantitative estimate of drug-likeness (QED) is 0.525. The van der Waals surface area contributed by atoms with E-state index in [0.717, 1.165) is 72.6 Å². The van der Waals surface area contributed by atoms with Gasteiger partial charge >= 0.3 is 0 Å². The van der Waals surface area contributed by atoms with E-state index in [0.29, 0.717) is 10.6 Å². The third-order valence-electron chi connectivity index (χ3n) is 6.98. The Labute approximate surface area is 203 Å². The minimum absolute atomic E-state index is 0.0228. The molecule has 1 amide bonds. The third kappa shape index (κ3) is 4.47. The molecule has 0 aromatic carbocycles. The number of nitrogens with zero attached hydrogens (tertiary/aromatic N) is 3. The minimum Gasteiger partial charge on any atom is -0.397 e. The lowest BCUT2D eigenvalue weighted by Crippen LogP contribution is -2.43. The van der Waals surface area contributed by atoms with E-state index < -0.39 is 0 Å². The number of aromatic nitrogens is 2. The van der Waals surface area contributed by atoms with Crippen LogP contribution in [0.3, 0.4) is 0 Å². The first-order chi connectivity index (χ1) is 16.4. The summed E-state index contributed by atoms with van der Waals surface area (Å²) >= 11 is 1.36. The number of nitrogen functional groups attached to an aromatic ring is 1. The second-order valence-electron chi connectivity index (χ2n) is 9.36. The van der Waals surface area contributed by atoms with Crippen LogP contribution in [0.4, 0.5) is 11.5 Å². The summed E-state index contributed by atoms with van der Waals surface area (Å²) < 4.78 is 5.55. The SMILES string of the molecule is CO[C@H]1CCCN(c2ccc3c(n2)CC[C@H](NC(=O)c2sc4nc(C)ccc4c2N)C3)C[C@H]1N. The molecule has 2 aliphatic rings. The number of carbonyl (C=O) groups is 1. The number of carbonyl (C=O) groups excluding carboxylic acids is 1. The van der Waals surface area contributed by atoms with Gasteiger partial charge in [0.25, 0.3) is 5.91 Å². The van der Waals surface area contributed by atoms with Crippen molar-refractivity contribution in [2.45, 2.75) is 57.2 Å². The van der Waals surface area contributed by atoms with E-state index in [2.05, 4.69) is 27.3 Å². The molecule has 3 aromatic heterocycles. The van der Waals surface area contributed by atoms with Crippen LogP contribution in [0.5, 0.6) is 0 Å². The van der Waals surface area contributed by atoms with Crippen molar-refractivity contribution in [3.63, 3.8) is 0 Å². The number of thiophene rings is 1. The van der Waals surface area contributed by atoms with Crippen LogP contribution in [0, 0.1) is 6.92 Å². The Morgan fingerprint density at radius 1 is 1.24 bits per heavy atom. The average molecular weight is 481 g/mol.